The van der Waals surface area contributed by atoms with Crippen LogP contribution in [0.5, 0.6) is 0 Å². The van der Waals surface area contributed by atoms with Gasteiger partial charge in [0.05, 0.1) is 22.7 Å². The summed E-state index contributed by atoms with van der Waals surface area (Å²) in [5.41, 5.74) is 24.2. The molecule has 0 radical (unpaired) electrons. The Morgan fingerprint density at radius 3 is 1.75 bits per heavy atom. The average Bonchev–Trinajstić information content (AvgIpc) is 2.55. The van der Waals surface area contributed by atoms with Gasteiger partial charge in [0.25, 0.3) is 0 Å². The fourth-order valence-electron chi connectivity index (χ4n) is 2.09. The monoisotopic (exact) mass is 330 g/mol. The average molecular weight is 330 g/mol. The number of rotatable bonds is 3. The summed E-state index contributed by atoms with van der Waals surface area (Å²) in [5.74, 6) is 11.3. The van der Waals surface area contributed by atoms with Crippen molar-refractivity contribution in [3.63, 3.8) is 0 Å². The lowest BCUT2D eigenvalue weighted by atomic mass is 10.0. The number of nitrogen functional groups attached to an aromatic ring is 2. The van der Waals surface area contributed by atoms with Crippen LogP contribution in [0.1, 0.15) is 0 Å². The van der Waals surface area contributed by atoms with Crippen LogP contribution in [-0.2, 0) is 0 Å². The number of benzene rings is 2. The third-order valence-electron chi connectivity index (χ3n) is 3.39. The summed E-state index contributed by atoms with van der Waals surface area (Å²) >= 11 is 0. The van der Waals surface area contributed by atoms with Gasteiger partial charge >= 0.3 is 12.1 Å². The second-order valence-corrected chi connectivity index (χ2v) is 4.96. The van der Waals surface area contributed by atoms with Gasteiger partial charge in [0.15, 0.2) is 0 Å². The Labute approximate surface area is 137 Å². The second-order valence-electron chi connectivity index (χ2n) is 4.96. The number of nitrogens with two attached hydrogens (primary N) is 6. The van der Waals surface area contributed by atoms with Gasteiger partial charge in [0.2, 0.25) is 0 Å². The highest BCUT2D eigenvalue weighted by Gasteiger charge is 2.19. The molecule has 10 heteroatoms. The van der Waals surface area contributed by atoms with Crippen LogP contribution in [0.4, 0.5) is 32.3 Å². The Hall–Kier alpha value is -3.50. The van der Waals surface area contributed by atoms with Gasteiger partial charge < -0.3 is 22.9 Å². The maximum Gasteiger partial charge on any atom is 0.333 e. The molecule has 2 aromatic rings. The molecule has 0 spiro atoms. The number of amides is 4. The lowest BCUT2D eigenvalue weighted by Gasteiger charge is -2.23. The van der Waals surface area contributed by atoms with E-state index in [1.54, 1.807) is 24.3 Å². The van der Waals surface area contributed by atoms with Crippen molar-refractivity contribution in [3.8, 4) is 11.1 Å². The lowest BCUT2D eigenvalue weighted by Crippen LogP contribution is -2.46. The molecule has 24 heavy (non-hydrogen) atoms. The zero-order chi connectivity index (χ0) is 18.0. The number of hydrazine groups is 2. The highest BCUT2D eigenvalue weighted by molar-refractivity contribution is 6.00. The van der Waals surface area contributed by atoms with Crippen LogP contribution in [-0.4, -0.2) is 12.1 Å². The van der Waals surface area contributed by atoms with Crippen molar-refractivity contribution in [1.29, 1.82) is 0 Å². The van der Waals surface area contributed by atoms with Crippen molar-refractivity contribution >= 4 is 34.8 Å². The molecule has 0 fully saturated rings. The van der Waals surface area contributed by atoms with Gasteiger partial charge in [-0.1, -0.05) is 12.1 Å². The zero-order valence-corrected chi connectivity index (χ0v) is 12.6. The summed E-state index contributed by atoms with van der Waals surface area (Å²) in [6.07, 6.45) is 0. The van der Waals surface area contributed by atoms with E-state index in [0.29, 0.717) is 27.0 Å². The maximum atomic E-state index is 11.4. The van der Waals surface area contributed by atoms with Crippen LogP contribution >= 0.6 is 0 Å². The Morgan fingerprint density at radius 2 is 1.21 bits per heavy atom. The number of hydrogen-bond acceptors (Lipinski definition) is 6. The molecule has 0 bridgehead atoms. The largest absolute Gasteiger partial charge is 0.397 e. The minimum atomic E-state index is -0.942. The Balaban J connectivity index is 2.60. The SMILES string of the molecule is NC(=O)N(N)c1ccc(-c2ccc(N)c(N)c2)cc1N(N)C(N)=O. The van der Waals surface area contributed by atoms with E-state index in [9.17, 15) is 9.59 Å². The summed E-state index contributed by atoms with van der Waals surface area (Å²) in [7, 11) is 0. The summed E-state index contributed by atoms with van der Waals surface area (Å²) in [6.45, 7) is 0. The molecule has 0 saturated heterocycles. The Morgan fingerprint density at radius 1 is 0.708 bits per heavy atom. The fraction of sp³-hybridized carbons (Fsp3) is 0. The van der Waals surface area contributed by atoms with Gasteiger partial charge in [0, 0.05) is 0 Å². The van der Waals surface area contributed by atoms with Gasteiger partial charge in [0.1, 0.15) is 0 Å². The molecule has 4 amide bonds. The highest BCUT2D eigenvalue weighted by atomic mass is 16.2. The van der Waals surface area contributed by atoms with E-state index in [-0.39, 0.29) is 11.4 Å². The molecule has 0 saturated carbocycles. The molecule has 126 valence electrons. The minimum Gasteiger partial charge on any atom is -0.397 e. The van der Waals surface area contributed by atoms with E-state index in [0.717, 1.165) is 5.56 Å². The van der Waals surface area contributed by atoms with E-state index in [2.05, 4.69) is 0 Å². The molecule has 0 aliphatic heterocycles. The van der Waals surface area contributed by atoms with Crippen LogP contribution in [0, 0.1) is 0 Å². The lowest BCUT2D eigenvalue weighted by molar-refractivity contribution is 0.252. The molecule has 0 aromatic heterocycles. The number of nitrogens with zero attached hydrogens (tertiary/aromatic N) is 2. The van der Waals surface area contributed by atoms with Gasteiger partial charge in [-0.05, 0) is 35.4 Å². The van der Waals surface area contributed by atoms with Crippen LogP contribution in [0.2, 0.25) is 0 Å². The molecule has 0 aliphatic carbocycles. The first-order chi connectivity index (χ1) is 11.2. The second kappa shape index (κ2) is 6.32. The molecule has 0 unspecified atom stereocenters. The van der Waals surface area contributed by atoms with Crippen molar-refractivity contribution < 1.29 is 9.59 Å². The van der Waals surface area contributed by atoms with E-state index in [4.69, 9.17) is 34.6 Å². The summed E-state index contributed by atoms with van der Waals surface area (Å²) < 4.78 is 0. The van der Waals surface area contributed by atoms with Crippen molar-refractivity contribution in [2.24, 2.45) is 23.2 Å². The molecule has 0 atom stereocenters. The van der Waals surface area contributed by atoms with E-state index >= 15 is 0 Å². The number of carbonyl (C=O) groups is 2. The van der Waals surface area contributed by atoms with E-state index in [1.165, 1.54) is 12.1 Å². The number of hydrogen-bond donors (Lipinski definition) is 6. The number of carbonyl (C=O) groups excluding carboxylic acids is 2. The third kappa shape index (κ3) is 3.14. The first-order valence-electron chi connectivity index (χ1n) is 6.70. The first-order valence-corrected chi connectivity index (χ1v) is 6.70. The number of primary amides is 2. The van der Waals surface area contributed by atoms with Crippen LogP contribution < -0.4 is 44.6 Å². The van der Waals surface area contributed by atoms with Crippen molar-refractivity contribution in [2.75, 3.05) is 21.5 Å². The quantitative estimate of drug-likeness (QED) is 0.198. The maximum absolute atomic E-state index is 11.4. The van der Waals surface area contributed by atoms with Crippen molar-refractivity contribution in [1.82, 2.24) is 0 Å². The normalized spacial score (nSPS) is 10.2. The van der Waals surface area contributed by atoms with E-state index in [1.807, 2.05) is 0 Å². The molecular weight excluding hydrogens is 312 g/mol. The summed E-state index contributed by atoms with van der Waals surface area (Å²) in [4.78, 5) is 22.7. The van der Waals surface area contributed by atoms with Crippen LogP contribution in [0.25, 0.3) is 11.1 Å². The van der Waals surface area contributed by atoms with Crippen molar-refractivity contribution in [3.05, 3.63) is 36.4 Å². The fourth-order valence-corrected chi connectivity index (χ4v) is 2.09. The smallest absolute Gasteiger partial charge is 0.333 e. The molecular formula is C14H18N8O2. The van der Waals surface area contributed by atoms with Gasteiger partial charge in [-0.15, -0.1) is 0 Å². The van der Waals surface area contributed by atoms with Crippen LogP contribution in [0.15, 0.2) is 36.4 Å². The topological polar surface area (TPSA) is 197 Å². The molecule has 12 N–H and O–H groups in total. The Bertz CT molecular complexity index is 807. The predicted molar refractivity (Wildman–Crippen MR) is 93.2 cm³/mol. The minimum absolute atomic E-state index is 0.0942. The van der Waals surface area contributed by atoms with Crippen molar-refractivity contribution in [2.45, 2.75) is 0 Å². The molecule has 2 rings (SSSR count). The molecule has 10 nitrogen and oxygen atoms in total. The zero-order valence-electron chi connectivity index (χ0n) is 12.6. The standard InChI is InChI=1S/C14H18N8O2/c15-9-3-1-7(5-10(9)16)8-2-4-11(21(19)13(17)23)12(6-8)22(20)14(18)24/h1-6H,15-16,19-20H2,(H2,17,23)(H2,18,24). The Kier molecular flexibility index (Phi) is 4.44. The van der Waals surface area contributed by atoms with Gasteiger partial charge in [-0.25, -0.2) is 31.3 Å². The molecule has 0 heterocycles. The highest BCUT2D eigenvalue weighted by Crippen LogP contribution is 2.33. The van der Waals surface area contributed by atoms with E-state index < -0.39 is 12.1 Å². The summed E-state index contributed by atoms with van der Waals surface area (Å²) in [5, 5.41) is 1.31. The number of anilines is 4. The van der Waals surface area contributed by atoms with Gasteiger partial charge in [-0.2, -0.15) is 0 Å². The predicted octanol–water partition coefficient (Wildman–Crippen LogP) is 0.0356. The first kappa shape index (κ1) is 16.9. The molecule has 2 aromatic carbocycles. The number of urea groups is 2. The van der Waals surface area contributed by atoms with Crippen LogP contribution in [0.3, 0.4) is 0 Å². The van der Waals surface area contributed by atoms with Gasteiger partial charge in [-0.3, -0.25) is 0 Å². The summed E-state index contributed by atoms with van der Waals surface area (Å²) in [6, 6.07) is 7.82. The molecule has 0 aliphatic rings. The third-order valence-corrected chi connectivity index (χ3v) is 3.39.